The molecule has 0 bridgehead atoms. The topological polar surface area (TPSA) is 62.4 Å². The molecule has 0 saturated carbocycles. The lowest BCUT2D eigenvalue weighted by molar-refractivity contribution is 0.295. The van der Waals surface area contributed by atoms with Gasteiger partial charge in [0.15, 0.2) is 0 Å². The molecular formula is C13H23N3O. The van der Waals surface area contributed by atoms with Crippen molar-refractivity contribution >= 4 is 11.5 Å². The third-order valence-electron chi connectivity index (χ3n) is 3.16. The van der Waals surface area contributed by atoms with E-state index in [0.717, 1.165) is 24.2 Å². The first-order valence-corrected chi connectivity index (χ1v) is 6.23. The Labute approximate surface area is 103 Å². The third kappa shape index (κ3) is 3.33. The molecule has 0 aliphatic heterocycles. The van der Waals surface area contributed by atoms with Crippen LogP contribution in [0.4, 0.5) is 11.5 Å². The number of rotatable bonds is 6. The fraction of sp³-hybridized carbons (Fsp3) is 0.615. The molecule has 17 heavy (non-hydrogen) atoms. The van der Waals surface area contributed by atoms with Gasteiger partial charge < -0.3 is 15.7 Å². The second kappa shape index (κ2) is 6.45. The standard InChI is InChI=1S/C13H23N3O/c1-4-11(5-2)16(6-7-17)13-8-10(3)12(14)9-15-13/h8-9,11,17H,4-7,14H2,1-3H3. The summed E-state index contributed by atoms with van der Waals surface area (Å²) in [4.78, 5) is 6.52. The molecule has 1 aromatic heterocycles. The molecule has 3 N–H and O–H groups in total. The average Bonchev–Trinajstić information content (AvgIpc) is 2.33. The van der Waals surface area contributed by atoms with E-state index in [1.807, 2.05) is 13.0 Å². The van der Waals surface area contributed by atoms with Gasteiger partial charge in [-0.2, -0.15) is 0 Å². The monoisotopic (exact) mass is 237 g/mol. The highest BCUT2D eigenvalue weighted by Gasteiger charge is 2.16. The van der Waals surface area contributed by atoms with Gasteiger partial charge in [0, 0.05) is 12.6 Å². The molecule has 0 aliphatic rings. The van der Waals surface area contributed by atoms with Gasteiger partial charge in [-0.1, -0.05) is 13.8 Å². The smallest absolute Gasteiger partial charge is 0.129 e. The minimum atomic E-state index is 0.140. The molecule has 1 aromatic rings. The van der Waals surface area contributed by atoms with Gasteiger partial charge in [0.05, 0.1) is 18.5 Å². The summed E-state index contributed by atoms with van der Waals surface area (Å²) in [5, 5.41) is 9.17. The summed E-state index contributed by atoms with van der Waals surface area (Å²) in [6, 6.07) is 2.40. The van der Waals surface area contributed by atoms with Crippen molar-refractivity contribution in [3.8, 4) is 0 Å². The Kier molecular flexibility index (Phi) is 5.22. The average molecular weight is 237 g/mol. The highest BCUT2D eigenvalue weighted by atomic mass is 16.3. The van der Waals surface area contributed by atoms with E-state index in [0.29, 0.717) is 18.3 Å². The maximum atomic E-state index is 9.17. The molecule has 0 atom stereocenters. The molecule has 4 nitrogen and oxygen atoms in total. The zero-order valence-electron chi connectivity index (χ0n) is 11.0. The van der Waals surface area contributed by atoms with Crippen LogP contribution in [0.3, 0.4) is 0 Å². The Bertz CT molecular complexity index is 351. The molecular weight excluding hydrogens is 214 g/mol. The number of aliphatic hydroxyl groups excluding tert-OH is 1. The normalized spacial score (nSPS) is 10.9. The van der Waals surface area contributed by atoms with E-state index < -0.39 is 0 Å². The molecule has 0 spiro atoms. The van der Waals surface area contributed by atoms with Crippen molar-refractivity contribution in [1.82, 2.24) is 4.98 Å². The van der Waals surface area contributed by atoms with Crippen LogP contribution >= 0.6 is 0 Å². The lowest BCUT2D eigenvalue weighted by Crippen LogP contribution is -2.37. The number of pyridine rings is 1. The first kappa shape index (κ1) is 13.8. The van der Waals surface area contributed by atoms with Crippen molar-refractivity contribution in [1.29, 1.82) is 0 Å². The summed E-state index contributed by atoms with van der Waals surface area (Å²) in [5.41, 5.74) is 7.52. The zero-order chi connectivity index (χ0) is 12.8. The summed E-state index contributed by atoms with van der Waals surface area (Å²) in [7, 11) is 0. The maximum absolute atomic E-state index is 9.17. The molecule has 0 saturated heterocycles. The Balaban J connectivity index is 2.99. The second-order valence-corrected chi connectivity index (χ2v) is 4.29. The molecule has 1 rings (SSSR count). The summed E-state index contributed by atoms with van der Waals surface area (Å²) in [5.74, 6) is 0.902. The van der Waals surface area contributed by atoms with Crippen molar-refractivity contribution in [2.75, 3.05) is 23.8 Å². The van der Waals surface area contributed by atoms with Crippen molar-refractivity contribution in [3.63, 3.8) is 0 Å². The molecule has 96 valence electrons. The first-order valence-electron chi connectivity index (χ1n) is 6.23. The quantitative estimate of drug-likeness (QED) is 0.794. The Hall–Kier alpha value is -1.29. The van der Waals surface area contributed by atoms with E-state index >= 15 is 0 Å². The summed E-state index contributed by atoms with van der Waals surface area (Å²) >= 11 is 0. The van der Waals surface area contributed by atoms with Gasteiger partial charge in [-0.25, -0.2) is 4.98 Å². The number of nitrogens with two attached hydrogens (primary N) is 1. The fourth-order valence-corrected chi connectivity index (χ4v) is 2.03. The van der Waals surface area contributed by atoms with Gasteiger partial charge >= 0.3 is 0 Å². The largest absolute Gasteiger partial charge is 0.397 e. The van der Waals surface area contributed by atoms with E-state index in [4.69, 9.17) is 10.8 Å². The number of aliphatic hydroxyl groups is 1. The predicted octanol–water partition coefficient (Wildman–Crippen LogP) is 1.96. The van der Waals surface area contributed by atoms with Crippen molar-refractivity contribution in [2.24, 2.45) is 0 Å². The van der Waals surface area contributed by atoms with E-state index in [2.05, 4.69) is 23.7 Å². The van der Waals surface area contributed by atoms with Gasteiger partial charge in [0.1, 0.15) is 5.82 Å². The summed E-state index contributed by atoms with van der Waals surface area (Å²) < 4.78 is 0. The van der Waals surface area contributed by atoms with E-state index in [-0.39, 0.29) is 6.61 Å². The predicted molar refractivity (Wildman–Crippen MR) is 72.2 cm³/mol. The van der Waals surface area contributed by atoms with Gasteiger partial charge in [-0.05, 0) is 31.4 Å². The number of anilines is 2. The summed E-state index contributed by atoms with van der Waals surface area (Å²) in [6.45, 7) is 7.04. The highest BCUT2D eigenvalue weighted by molar-refractivity contribution is 5.52. The molecule has 0 aliphatic carbocycles. The number of nitrogen functional groups attached to an aromatic ring is 1. The molecule has 0 aromatic carbocycles. The number of nitrogens with zero attached hydrogens (tertiary/aromatic N) is 2. The van der Waals surface area contributed by atoms with Crippen LogP contribution in [0.2, 0.25) is 0 Å². The van der Waals surface area contributed by atoms with Gasteiger partial charge in [0.2, 0.25) is 0 Å². The molecule has 1 heterocycles. The SMILES string of the molecule is CCC(CC)N(CCO)c1cc(C)c(N)cn1. The van der Waals surface area contributed by atoms with Crippen molar-refractivity contribution in [2.45, 2.75) is 39.7 Å². The number of hydrogen-bond acceptors (Lipinski definition) is 4. The van der Waals surface area contributed by atoms with Crippen molar-refractivity contribution < 1.29 is 5.11 Å². The fourth-order valence-electron chi connectivity index (χ4n) is 2.03. The van der Waals surface area contributed by atoms with Crippen LogP contribution in [0.1, 0.15) is 32.3 Å². The van der Waals surface area contributed by atoms with Crippen LogP contribution in [-0.2, 0) is 0 Å². The Morgan fingerprint density at radius 1 is 1.41 bits per heavy atom. The molecule has 4 heteroatoms. The lowest BCUT2D eigenvalue weighted by atomic mass is 10.1. The first-order chi connectivity index (χ1) is 8.13. The minimum absolute atomic E-state index is 0.140. The highest BCUT2D eigenvalue weighted by Crippen LogP contribution is 2.21. The van der Waals surface area contributed by atoms with Crippen molar-refractivity contribution in [3.05, 3.63) is 17.8 Å². The van der Waals surface area contributed by atoms with E-state index in [1.165, 1.54) is 0 Å². The van der Waals surface area contributed by atoms with E-state index in [9.17, 15) is 0 Å². The van der Waals surface area contributed by atoms with Crippen LogP contribution < -0.4 is 10.6 Å². The Morgan fingerprint density at radius 2 is 2.06 bits per heavy atom. The second-order valence-electron chi connectivity index (χ2n) is 4.29. The van der Waals surface area contributed by atoms with Gasteiger partial charge in [0.25, 0.3) is 0 Å². The molecule has 0 radical (unpaired) electrons. The molecule has 0 amide bonds. The van der Waals surface area contributed by atoms with Crippen LogP contribution in [0.25, 0.3) is 0 Å². The maximum Gasteiger partial charge on any atom is 0.129 e. The third-order valence-corrected chi connectivity index (χ3v) is 3.16. The van der Waals surface area contributed by atoms with Crippen LogP contribution in [0.15, 0.2) is 12.3 Å². The van der Waals surface area contributed by atoms with Gasteiger partial charge in [-0.3, -0.25) is 0 Å². The number of aryl methyl sites for hydroxylation is 1. The molecule has 0 fully saturated rings. The number of aromatic nitrogens is 1. The molecule has 0 unspecified atom stereocenters. The van der Waals surface area contributed by atoms with Crippen LogP contribution in [0, 0.1) is 6.92 Å². The van der Waals surface area contributed by atoms with Gasteiger partial charge in [-0.15, -0.1) is 0 Å². The Morgan fingerprint density at radius 3 is 2.53 bits per heavy atom. The van der Waals surface area contributed by atoms with Crippen LogP contribution in [-0.4, -0.2) is 29.3 Å². The lowest BCUT2D eigenvalue weighted by Gasteiger charge is -2.31. The number of hydrogen-bond donors (Lipinski definition) is 2. The minimum Gasteiger partial charge on any atom is -0.397 e. The summed E-state index contributed by atoms with van der Waals surface area (Å²) in [6.07, 6.45) is 3.78. The zero-order valence-corrected chi connectivity index (χ0v) is 11.0. The van der Waals surface area contributed by atoms with E-state index in [1.54, 1.807) is 6.20 Å². The van der Waals surface area contributed by atoms with Crippen LogP contribution in [0.5, 0.6) is 0 Å².